The summed E-state index contributed by atoms with van der Waals surface area (Å²) in [5, 5.41) is 10.8. The van der Waals surface area contributed by atoms with Crippen LogP contribution in [0.2, 0.25) is 0 Å². The van der Waals surface area contributed by atoms with E-state index in [1.165, 1.54) is 31.2 Å². The molecule has 1 atom stereocenters. The molecular formula is C18H28O. The predicted octanol–water partition coefficient (Wildman–Crippen LogP) is 4.89. The third kappa shape index (κ3) is 3.20. The molecule has 0 saturated heterocycles. The Morgan fingerprint density at radius 3 is 2.47 bits per heavy atom. The summed E-state index contributed by atoms with van der Waals surface area (Å²) in [6, 6.07) is 8.61. The van der Waals surface area contributed by atoms with Crippen molar-refractivity contribution in [3.63, 3.8) is 0 Å². The van der Waals surface area contributed by atoms with Crippen molar-refractivity contribution in [2.75, 3.05) is 0 Å². The second-order valence-electron chi connectivity index (χ2n) is 6.67. The van der Waals surface area contributed by atoms with Crippen LogP contribution < -0.4 is 0 Å². The first-order valence-electron chi connectivity index (χ1n) is 7.84. The molecule has 2 rings (SSSR count). The summed E-state index contributed by atoms with van der Waals surface area (Å²) in [7, 11) is 0. The van der Waals surface area contributed by atoms with Crippen molar-refractivity contribution in [3.8, 4) is 0 Å². The van der Waals surface area contributed by atoms with Crippen molar-refractivity contribution in [1.29, 1.82) is 0 Å². The van der Waals surface area contributed by atoms with Crippen LogP contribution in [0.15, 0.2) is 24.3 Å². The van der Waals surface area contributed by atoms with E-state index in [2.05, 4.69) is 45.0 Å². The van der Waals surface area contributed by atoms with Crippen molar-refractivity contribution in [2.24, 2.45) is 11.3 Å². The fraction of sp³-hybridized carbons (Fsp3) is 0.667. The van der Waals surface area contributed by atoms with Crippen molar-refractivity contribution in [2.45, 2.75) is 65.4 Å². The molecule has 0 aliphatic heterocycles. The van der Waals surface area contributed by atoms with Gasteiger partial charge in [-0.05, 0) is 42.7 Å². The lowest BCUT2D eigenvalue weighted by Gasteiger charge is -2.33. The molecule has 1 aromatic rings. The van der Waals surface area contributed by atoms with Crippen LogP contribution in [-0.2, 0) is 6.42 Å². The van der Waals surface area contributed by atoms with Gasteiger partial charge in [0.25, 0.3) is 0 Å². The zero-order chi connectivity index (χ0) is 13.9. The molecule has 106 valence electrons. The number of hydrogen-bond acceptors (Lipinski definition) is 1. The maximum atomic E-state index is 10.8. The highest BCUT2D eigenvalue weighted by atomic mass is 16.3. The van der Waals surface area contributed by atoms with Crippen LogP contribution >= 0.6 is 0 Å². The Labute approximate surface area is 118 Å². The van der Waals surface area contributed by atoms with Crippen LogP contribution in [0.5, 0.6) is 0 Å². The van der Waals surface area contributed by atoms with E-state index in [4.69, 9.17) is 0 Å². The molecule has 0 heterocycles. The molecule has 1 fully saturated rings. The Morgan fingerprint density at radius 2 is 1.89 bits per heavy atom. The van der Waals surface area contributed by atoms with E-state index in [9.17, 15) is 5.11 Å². The molecular weight excluding hydrogens is 232 g/mol. The molecule has 1 aromatic carbocycles. The van der Waals surface area contributed by atoms with Gasteiger partial charge in [0, 0.05) is 5.41 Å². The third-order valence-electron chi connectivity index (χ3n) is 4.79. The van der Waals surface area contributed by atoms with Crippen LogP contribution in [0.4, 0.5) is 0 Å². The summed E-state index contributed by atoms with van der Waals surface area (Å²) in [5.41, 5.74) is 2.62. The number of rotatable bonds is 5. The largest absolute Gasteiger partial charge is 0.388 e. The SMILES string of the molecule is CCC1(C(O)c2cccc(CC(C)C)c2)CCCC1. The zero-order valence-corrected chi connectivity index (χ0v) is 12.7. The van der Waals surface area contributed by atoms with Gasteiger partial charge in [0.1, 0.15) is 0 Å². The number of aliphatic hydroxyl groups is 1. The maximum absolute atomic E-state index is 10.8. The van der Waals surface area contributed by atoms with Crippen molar-refractivity contribution < 1.29 is 5.11 Å². The lowest BCUT2D eigenvalue weighted by atomic mass is 9.75. The minimum Gasteiger partial charge on any atom is -0.388 e. The topological polar surface area (TPSA) is 20.2 Å². The van der Waals surface area contributed by atoms with Gasteiger partial charge in [-0.2, -0.15) is 0 Å². The molecule has 1 heteroatoms. The third-order valence-corrected chi connectivity index (χ3v) is 4.79. The number of hydrogen-bond donors (Lipinski definition) is 1. The average Bonchev–Trinajstić information content (AvgIpc) is 2.87. The summed E-state index contributed by atoms with van der Waals surface area (Å²) in [6.45, 7) is 6.72. The summed E-state index contributed by atoms with van der Waals surface area (Å²) in [5.74, 6) is 0.666. The first-order valence-corrected chi connectivity index (χ1v) is 7.84. The van der Waals surface area contributed by atoms with Gasteiger partial charge in [0.2, 0.25) is 0 Å². The highest BCUT2D eigenvalue weighted by Gasteiger charge is 2.39. The first-order chi connectivity index (χ1) is 9.07. The molecule has 19 heavy (non-hydrogen) atoms. The Bertz CT molecular complexity index is 402. The highest BCUT2D eigenvalue weighted by Crippen LogP contribution is 2.50. The van der Waals surface area contributed by atoms with E-state index in [0.717, 1.165) is 18.4 Å². The molecule has 1 unspecified atom stereocenters. The van der Waals surface area contributed by atoms with E-state index in [0.29, 0.717) is 5.92 Å². The quantitative estimate of drug-likeness (QED) is 0.799. The smallest absolute Gasteiger partial charge is 0.0846 e. The standard InChI is InChI=1S/C18H28O/c1-4-18(10-5-6-11-18)17(19)16-9-7-8-15(13-16)12-14(2)3/h7-9,13-14,17,19H,4-6,10-12H2,1-3H3. The molecule has 1 nitrogen and oxygen atoms in total. The average molecular weight is 260 g/mol. The second-order valence-corrected chi connectivity index (χ2v) is 6.67. The second kappa shape index (κ2) is 6.09. The van der Waals surface area contributed by atoms with Gasteiger partial charge in [0.05, 0.1) is 6.10 Å². The molecule has 0 radical (unpaired) electrons. The van der Waals surface area contributed by atoms with Crippen LogP contribution in [0.3, 0.4) is 0 Å². The molecule has 0 bridgehead atoms. The van der Waals surface area contributed by atoms with Gasteiger partial charge in [-0.1, -0.05) is 57.9 Å². The molecule has 0 spiro atoms. The minimum atomic E-state index is -0.285. The molecule has 0 amide bonds. The zero-order valence-electron chi connectivity index (χ0n) is 12.7. The van der Waals surface area contributed by atoms with Gasteiger partial charge in [-0.25, -0.2) is 0 Å². The van der Waals surface area contributed by atoms with E-state index < -0.39 is 0 Å². The van der Waals surface area contributed by atoms with E-state index in [1.54, 1.807) is 0 Å². The van der Waals surface area contributed by atoms with Crippen molar-refractivity contribution in [3.05, 3.63) is 35.4 Å². The summed E-state index contributed by atoms with van der Waals surface area (Å²) in [4.78, 5) is 0. The van der Waals surface area contributed by atoms with Gasteiger partial charge in [-0.3, -0.25) is 0 Å². The fourth-order valence-electron chi connectivity index (χ4n) is 3.61. The summed E-state index contributed by atoms with van der Waals surface area (Å²) >= 11 is 0. The van der Waals surface area contributed by atoms with E-state index in [-0.39, 0.29) is 11.5 Å². The highest BCUT2D eigenvalue weighted by molar-refractivity contribution is 5.27. The minimum absolute atomic E-state index is 0.135. The van der Waals surface area contributed by atoms with Crippen LogP contribution in [0.25, 0.3) is 0 Å². The Morgan fingerprint density at radius 1 is 1.21 bits per heavy atom. The molecule has 1 saturated carbocycles. The van der Waals surface area contributed by atoms with Crippen molar-refractivity contribution >= 4 is 0 Å². The molecule has 1 aliphatic rings. The van der Waals surface area contributed by atoms with E-state index >= 15 is 0 Å². The Hall–Kier alpha value is -0.820. The van der Waals surface area contributed by atoms with E-state index in [1.807, 2.05) is 0 Å². The Balaban J connectivity index is 2.20. The summed E-state index contributed by atoms with van der Waals surface area (Å²) in [6.07, 6.45) is 6.81. The maximum Gasteiger partial charge on any atom is 0.0846 e. The van der Waals surface area contributed by atoms with Gasteiger partial charge in [-0.15, -0.1) is 0 Å². The van der Waals surface area contributed by atoms with Gasteiger partial charge in [0.15, 0.2) is 0 Å². The molecule has 1 N–H and O–H groups in total. The Kier molecular flexibility index (Phi) is 4.67. The van der Waals surface area contributed by atoms with Crippen LogP contribution in [0, 0.1) is 11.3 Å². The predicted molar refractivity (Wildman–Crippen MR) is 81.1 cm³/mol. The molecule has 0 aromatic heterocycles. The fourth-order valence-corrected chi connectivity index (χ4v) is 3.61. The lowest BCUT2D eigenvalue weighted by molar-refractivity contribution is 0.0237. The lowest BCUT2D eigenvalue weighted by Crippen LogP contribution is -2.25. The van der Waals surface area contributed by atoms with Gasteiger partial charge >= 0.3 is 0 Å². The monoisotopic (exact) mass is 260 g/mol. The number of benzene rings is 1. The normalized spacial score (nSPS) is 19.8. The first kappa shape index (κ1) is 14.6. The number of aliphatic hydroxyl groups excluding tert-OH is 1. The van der Waals surface area contributed by atoms with Crippen LogP contribution in [-0.4, -0.2) is 5.11 Å². The van der Waals surface area contributed by atoms with Crippen LogP contribution in [0.1, 0.15) is 70.1 Å². The summed E-state index contributed by atoms with van der Waals surface area (Å²) < 4.78 is 0. The van der Waals surface area contributed by atoms with Crippen molar-refractivity contribution in [1.82, 2.24) is 0 Å². The molecule has 1 aliphatic carbocycles. The van der Waals surface area contributed by atoms with Gasteiger partial charge < -0.3 is 5.11 Å².